The smallest absolute Gasteiger partial charge is 0.120 e. The van der Waals surface area contributed by atoms with Crippen LogP contribution in [0.2, 0.25) is 0 Å². The molecule has 0 radical (unpaired) electrons. The highest BCUT2D eigenvalue weighted by Gasteiger charge is 1.94. The quantitative estimate of drug-likeness (QED) is 0.715. The fourth-order valence-corrected chi connectivity index (χ4v) is 0.969. The van der Waals surface area contributed by atoms with Crippen molar-refractivity contribution in [3.05, 3.63) is 42.0 Å². The molecule has 1 rings (SSSR count). The van der Waals surface area contributed by atoms with Crippen LogP contribution in [0.4, 0.5) is 0 Å². The lowest BCUT2D eigenvalue weighted by atomic mass is 10.2. The average molecular weight is 177 g/mol. The lowest BCUT2D eigenvalue weighted by molar-refractivity contribution is 0.352. The van der Waals surface area contributed by atoms with Gasteiger partial charge in [-0.25, -0.2) is 0 Å². The molecular formula is C11H15NO. The minimum Gasteiger partial charge on any atom is -0.489 e. The molecule has 0 aromatic heterocycles. The largest absolute Gasteiger partial charge is 0.489 e. The Balaban J connectivity index is 2.61. The van der Waals surface area contributed by atoms with Crippen molar-refractivity contribution in [1.29, 1.82) is 0 Å². The molecule has 70 valence electrons. The number of hydrogen-bond donors (Lipinski definition) is 1. The summed E-state index contributed by atoms with van der Waals surface area (Å²) in [6, 6.07) is 7.79. The molecule has 0 atom stereocenters. The topological polar surface area (TPSA) is 35.2 Å². The predicted molar refractivity (Wildman–Crippen MR) is 54.6 cm³/mol. The molecule has 0 saturated carbocycles. The summed E-state index contributed by atoms with van der Waals surface area (Å²) in [7, 11) is 0. The highest BCUT2D eigenvalue weighted by molar-refractivity contribution is 5.28. The summed E-state index contributed by atoms with van der Waals surface area (Å²) in [6.45, 7) is 6.81. The van der Waals surface area contributed by atoms with E-state index < -0.39 is 0 Å². The maximum atomic E-state index is 5.50. The van der Waals surface area contributed by atoms with Gasteiger partial charge in [-0.05, 0) is 30.2 Å². The second kappa shape index (κ2) is 4.67. The maximum Gasteiger partial charge on any atom is 0.120 e. The Kier molecular flexibility index (Phi) is 3.53. The van der Waals surface area contributed by atoms with E-state index in [4.69, 9.17) is 10.5 Å². The highest BCUT2D eigenvalue weighted by Crippen LogP contribution is 2.13. The Bertz CT molecular complexity index is 294. The molecule has 2 nitrogen and oxygen atoms in total. The number of hydrogen-bond acceptors (Lipinski definition) is 2. The average Bonchev–Trinajstić information content (AvgIpc) is 2.15. The third-order valence-corrected chi connectivity index (χ3v) is 1.62. The summed E-state index contributed by atoms with van der Waals surface area (Å²) in [4.78, 5) is 0. The van der Waals surface area contributed by atoms with E-state index in [-0.39, 0.29) is 0 Å². The SMILES string of the molecule is C=C(C)COc1cccc(CN)c1. The molecule has 2 N–H and O–H groups in total. The van der Waals surface area contributed by atoms with Gasteiger partial charge in [0.1, 0.15) is 12.4 Å². The molecule has 1 aromatic rings. The van der Waals surface area contributed by atoms with Gasteiger partial charge in [-0.2, -0.15) is 0 Å². The fourth-order valence-electron chi connectivity index (χ4n) is 0.969. The minimum atomic E-state index is 0.546. The van der Waals surface area contributed by atoms with Crippen LogP contribution < -0.4 is 10.5 Å². The zero-order valence-corrected chi connectivity index (χ0v) is 7.92. The molecule has 1 aromatic carbocycles. The molecule has 0 spiro atoms. The van der Waals surface area contributed by atoms with E-state index in [2.05, 4.69) is 6.58 Å². The van der Waals surface area contributed by atoms with Gasteiger partial charge < -0.3 is 10.5 Å². The molecule has 2 heteroatoms. The first-order valence-corrected chi connectivity index (χ1v) is 4.28. The van der Waals surface area contributed by atoms with Crippen LogP contribution in [0.25, 0.3) is 0 Å². The number of ether oxygens (including phenoxy) is 1. The van der Waals surface area contributed by atoms with Crippen molar-refractivity contribution in [3.63, 3.8) is 0 Å². The molecule has 0 fully saturated rings. The van der Waals surface area contributed by atoms with Crippen molar-refractivity contribution in [3.8, 4) is 5.75 Å². The van der Waals surface area contributed by atoms with Crippen molar-refractivity contribution in [1.82, 2.24) is 0 Å². The summed E-state index contributed by atoms with van der Waals surface area (Å²) < 4.78 is 5.45. The van der Waals surface area contributed by atoms with E-state index >= 15 is 0 Å². The Hall–Kier alpha value is -1.28. The molecule has 0 bridgehead atoms. The lowest BCUT2D eigenvalue weighted by Crippen LogP contribution is -2.00. The van der Waals surface area contributed by atoms with Gasteiger partial charge >= 0.3 is 0 Å². The van der Waals surface area contributed by atoms with Crippen molar-refractivity contribution >= 4 is 0 Å². The lowest BCUT2D eigenvalue weighted by Gasteiger charge is -2.06. The highest BCUT2D eigenvalue weighted by atomic mass is 16.5. The molecule has 0 aliphatic carbocycles. The molecule has 0 heterocycles. The summed E-state index contributed by atoms with van der Waals surface area (Å²) in [5, 5.41) is 0. The van der Waals surface area contributed by atoms with Crippen molar-refractivity contribution < 1.29 is 4.74 Å². The summed E-state index contributed by atoms with van der Waals surface area (Å²) >= 11 is 0. The minimum absolute atomic E-state index is 0.546. The third-order valence-electron chi connectivity index (χ3n) is 1.62. The fraction of sp³-hybridized carbons (Fsp3) is 0.273. The van der Waals surface area contributed by atoms with Gasteiger partial charge in [0, 0.05) is 6.54 Å². The van der Waals surface area contributed by atoms with Crippen molar-refractivity contribution in [2.75, 3.05) is 6.61 Å². The van der Waals surface area contributed by atoms with E-state index in [1.165, 1.54) is 0 Å². The summed E-state index contributed by atoms with van der Waals surface area (Å²) in [5.74, 6) is 0.853. The van der Waals surface area contributed by atoms with E-state index in [0.29, 0.717) is 13.2 Å². The monoisotopic (exact) mass is 177 g/mol. The first-order valence-electron chi connectivity index (χ1n) is 4.28. The van der Waals surface area contributed by atoms with Crippen LogP contribution >= 0.6 is 0 Å². The standard InChI is InChI=1S/C11H15NO/c1-9(2)8-13-11-5-3-4-10(6-11)7-12/h3-6H,1,7-8,12H2,2H3. The zero-order valence-electron chi connectivity index (χ0n) is 7.92. The molecule has 13 heavy (non-hydrogen) atoms. The number of rotatable bonds is 4. The van der Waals surface area contributed by atoms with Gasteiger partial charge in [0.05, 0.1) is 0 Å². The predicted octanol–water partition coefficient (Wildman–Crippen LogP) is 2.10. The van der Waals surface area contributed by atoms with Crippen LogP contribution in [0.1, 0.15) is 12.5 Å². The first kappa shape index (κ1) is 9.81. The van der Waals surface area contributed by atoms with Crippen molar-refractivity contribution in [2.45, 2.75) is 13.5 Å². The first-order chi connectivity index (χ1) is 6.22. The van der Waals surface area contributed by atoms with E-state index in [1.54, 1.807) is 0 Å². The van der Waals surface area contributed by atoms with Gasteiger partial charge in [-0.1, -0.05) is 18.7 Å². The van der Waals surface area contributed by atoms with Crippen LogP contribution in [0.15, 0.2) is 36.4 Å². The number of benzene rings is 1. The molecular weight excluding hydrogens is 162 g/mol. The second-order valence-corrected chi connectivity index (χ2v) is 3.10. The summed E-state index contributed by atoms with van der Waals surface area (Å²) in [5.41, 5.74) is 7.60. The van der Waals surface area contributed by atoms with Crippen LogP contribution in [-0.2, 0) is 6.54 Å². The molecule has 0 unspecified atom stereocenters. The van der Waals surface area contributed by atoms with Gasteiger partial charge in [0.25, 0.3) is 0 Å². The Morgan fingerprint density at radius 1 is 1.54 bits per heavy atom. The second-order valence-electron chi connectivity index (χ2n) is 3.10. The Labute approximate surface area is 79.0 Å². The molecule has 0 amide bonds. The normalized spacial score (nSPS) is 9.69. The number of nitrogens with two attached hydrogens (primary N) is 1. The van der Waals surface area contributed by atoms with Gasteiger partial charge in [0.15, 0.2) is 0 Å². The van der Waals surface area contributed by atoms with Gasteiger partial charge in [-0.15, -0.1) is 0 Å². The van der Waals surface area contributed by atoms with E-state index in [9.17, 15) is 0 Å². The van der Waals surface area contributed by atoms with Gasteiger partial charge in [-0.3, -0.25) is 0 Å². The van der Waals surface area contributed by atoms with Crippen molar-refractivity contribution in [2.24, 2.45) is 5.73 Å². The molecule has 0 saturated heterocycles. The maximum absolute atomic E-state index is 5.50. The van der Waals surface area contributed by atoms with E-state index in [1.807, 2.05) is 31.2 Å². The van der Waals surface area contributed by atoms with Crippen LogP contribution in [0.5, 0.6) is 5.75 Å². The Morgan fingerprint density at radius 2 is 2.31 bits per heavy atom. The molecule has 0 aliphatic heterocycles. The summed E-state index contributed by atoms with van der Waals surface area (Å²) in [6.07, 6.45) is 0. The third kappa shape index (κ3) is 3.30. The van der Waals surface area contributed by atoms with Gasteiger partial charge in [0.2, 0.25) is 0 Å². The van der Waals surface area contributed by atoms with Crippen LogP contribution in [-0.4, -0.2) is 6.61 Å². The van der Waals surface area contributed by atoms with Crippen LogP contribution in [0, 0.1) is 0 Å². The van der Waals surface area contributed by atoms with Crippen LogP contribution in [0.3, 0.4) is 0 Å². The molecule has 0 aliphatic rings. The van der Waals surface area contributed by atoms with E-state index in [0.717, 1.165) is 16.9 Å². The Morgan fingerprint density at radius 3 is 2.92 bits per heavy atom. The zero-order chi connectivity index (χ0) is 9.68.